The molecule has 9 heteroatoms. The van der Waals surface area contributed by atoms with Crippen LogP contribution in [-0.4, -0.2) is 40.1 Å². The molecule has 0 fully saturated rings. The number of carbonyl (C=O) groups is 2. The number of nitrogens with two attached hydrogens (primary N) is 1. The summed E-state index contributed by atoms with van der Waals surface area (Å²) < 4.78 is 10.5. The molecule has 0 aliphatic carbocycles. The van der Waals surface area contributed by atoms with Crippen molar-refractivity contribution in [3.05, 3.63) is 28.7 Å². The number of anilines is 1. The Hall–Kier alpha value is -2.42. The minimum absolute atomic E-state index is 0.131. The maximum absolute atomic E-state index is 12.6. The van der Waals surface area contributed by atoms with Crippen LogP contribution in [0.5, 0.6) is 0 Å². The van der Waals surface area contributed by atoms with Gasteiger partial charge in [-0.05, 0) is 13.0 Å². The van der Waals surface area contributed by atoms with Crippen molar-refractivity contribution in [2.24, 2.45) is 0 Å². The standard InChI is InChI=1S/C15H18N4O4S/c1-2-22-14(21)13-9-6-8-23-10(9)5-7-19(13)12(20)4-3-11-17-18-15(16)24-11/h6,8,13H,2-5,7H2,1H3,(H2,16,18). The quantitative estimate of drug-likeness (QED) is 0.810. The molecule has 0 radical (unpaired) electrons. The van der Waals surface area contributed by atoms with E-state index in [9.17, 15) is 9.59 Å². The van der Waals surface area contributed by atoms with E-state index >= 15 is 0 Å². The Morgan fingerprint density at radius 1 is 1.50 bits per heavy atom. The van der Waals surface area contributed by atoms with Gasteiger partial charge in [-0.1, -0.05) is 11.3 Å². The molecule has 0 aromatic carbocycles. The molecule has 1 aliphatic rings. The summed E-state index contributed by atoms with van der Waals surface area (Å²) >= 11 is 1.26. The average Bonchev–Trinajstić information content (AvgIpc) is 3.20. The fourth-order valence-corrected chi connectivity index (χ4v) is 3.39. The summed E-state index contributed by atoms with van der Waals surface area (Å²) in [4.78, 5) is 26.6. The van der Waals surface area contributed by atoms with Crippen LogP contribution in [0.3, 0.4) is 0 Å². The zero-order chi connectivity index (χ0) is 17.1. The first-order valence-corrected chi connectivity index (χ1v) is 8.52. The van der Waals surface area contributed by atoms with E-state index in [-0.39, 0.29) is 18.9 Å². The van der Waals surface area contributed by atoms with E-state index in [2.05, 4.69) is 10.2 Å². The van der Waals surface area contributed by atoms with Gasteiger partial charge in [-0.3, -0.25) is 4.79 Å². The van der Waals surface area contributed by atoms with Crippen LogP contribution in [0.4, 0.5) is 5.13 Å². The van der Waals surface area contributed by atoms with Crippen LogP contribution in [0.25, 0.3) is 0 Å². The Kier molecular flexibility index (Phi) is 4.79. The number of esters is 1. The first-order chi connectivity index (χ1) is 11.6. The third-order valence-corrected chi connectivity index (χ3v) is 4.64. The van der Waals surface area contributed by atoms with Crippen LogP contribution in [0.15, 0.2) is 16.7 Å². The Morgan fingerprint density at radius 2 is 2.33 bits per heavy atom. The van der Waals surface area contributed by atoms with Gasteiger partial charge < -0.3 is 19.8 Å². The second kappa shape index (κ2) is 7.00. The van der Waals surface area contributed by atoms with Crippen LogP contribution in [0, 0.1) is 0 Å². The van der Waals surface area contributed by atoms with Gasteiger partial charge in [-0.25, -0.2) is 4.79 Å². The number of hydrogen-bond acceptors (Lipinski definition) is 8. The summed E-state index contributed by atoms with van der Waals surface area (Å²) in [6.07, 6.45) is 2.79. The van der Waals surface area contributed by atoms with Gasteiger partial charge in [0.05, 0.1) is 12.9 Å². The van der Waals surface area contributed by atoms with Crippen molar-refractivity contribution in [1.29, 1.82) is 0 Å². The van der Waals surface area contributed by atoms with E-state index in [1.165, 1.54) is 17.6 Å². The van der Waals surface area contributed by atoms with Crippen LogP contribution in [0.1, 0.15) is 35.7 Å². The van der Waals surface area contributed by atoms with Crippen molar-refractivity contribution in [3.63, 3.8) is 0 Å². The van der Waals surface area contributed by atoms with Gasteiger partial charge in [0.1, 0.15) is 10.8 Å². The highest BCUT2D eigenvalue weighted by Gasteiger charge is 2.38. The highest BCUT2D eigenvalue weighted by Crippen LogP contribution is 2.32. The topological polar surface area (TPSA) is 112 Å². The number of rotatable bonds is 5. The molecule has 0 saturated heterocycles. The maximum Gasteiger partial charge on any atom is 0.333 e. The Balaban J connectivity index is 1.74. The number of amides is 1. The smallest absolute Gasteiger partial charge is 0.333 e. The van der Waals surface area contributed by atoms with Crippen LogP contribution in [-0.2, 0) is 27.2 Å². The van der Waals surface area contributed by atoms with E-state index in [1.807, 2.05) is 0 Å². The monoisotopic (exact) mass is 350 g/mol. The summed E-state index contributed by atoms with van der Waals surface area (Å²) in [6, 6.07) is 0.973. The predicted octanol–water partition coefficient (Wildman–Crippen LogP) is 1.33. The van der Waals surface area contributed by atoms with Crippen molar-refractivity contribution in [3.8, 4) is 0 Å². The highest BCUT2D eigenvalue weighted by molar-refractivity contribution is 7.15. The molecule has 3 heterocycles. The summed E-state index contributed by atoms with van der Waals surface area (Å²) in [5, 5.41) is 8.72. The molecular formula is C15H18N4O4S. The zero-order valence-corrected chi connectivity index (χ0v) is 14.0. The number of carbonyl (C=O) groups excluding carboxylic acids is 2. The molecule has 0 saturated carbocycles. The lowest BCUT2D eigenvalue weighted by Crippen LogP contribution is -2.43. The van der Waals surface area contributed by atoms with Crippen LogP contribution >= 0.6 is 11.3 Å². The molecule has 2 aromatic rings. The largest absolute Gasteiger partial charge is 0.469 e. The molecule has 1 aliphatic heterocycles. The lowest BCUT2D eigenvalue weighted by Gasteiger charge is -2.33. The number of aromatic nitrogens is 2. The SMILES string of the molecule is CCOC(=O)C1c2ccoc2CCN1C(=O)CCc1nnc(N)s1. The minimum atomic E-state index is -0.751. The van der Waals surface area contributed by atoms with Crippen molar-refractivity contribution in [1.82, 2.24) is 15.1 Å². The third-order valence-electron chi connectivity index (χ3n) is 3.83. The molecule has 24 heavy (non-hydrogen) atoms. The number of nitrogen functional groups attached to an aromatic ring is 1. The fraction of sp³-hybridized carbons (Fsp3) is 0.467. The van der Waals surface area contributed by atoms with E-state index in [4.69, 9.17) is 14.9 Å². The van der Waals surface area contributed by atoms with Gasteiger partial charge in [0, 0.05) is 31.4 Å². The van der Waals surface area contributed by atoms with Gasteiger partial charge in [0.15, 0.2) is 6.04 Å². The van der Waals surface area contributed by atoms with Crippen molar-refractivity contribution in [2.75, 3.05) is 18.9 Å². The predicted molar refractivity (Wildman–Crippen MR) is 86.1 cm³/mol. The first kappa shape index (κ1) is 16.4. The molecule has 3 rings (SSSR count). The molecule has 1 atom stereocenters. The highest BCUT2D eigenvalue weighted by atomic mass is 32.1. The summed E-state index contributed by atoms with van der Waals surface area (Å²) in [5.41, 5.74) is 6.24. The first-order valence-electron chi connectivity index (χ1n) is 7.70. The second-order valence-electron chi connectivity index (χ2n) is 5.32. The molecule has 0 spiro atoms. The van der Waals surface area contributed by atoms with Gasteiger partial charge in [0.2, 0.25) is 11.0 Å². The molecule has 0 bridgehead atoms. The zero-order valence-electron chi connectivity index (χ0n) is 13.2. The number of aryl methyl sites for hydroxylation is 1. The van der Waals surface area contributed by atoms with Gasteiger partial charge >= 0.3 is 5.97 Å². The fourth-order valence-electron chi connectivity index (χ4n) is 2.79. The Labute approximate surface area is 142 Å². The van der Waals surface area contributed by atoms with Gasteiger partial charge in [-0.2, -0.15) is 0 Å². The van der Waals surface area contributed by atoms with Crippen molar-refractivity contribution >= 4 is 28.3 Å². The Bertz CT molecular complexity index is 741. The van der Waals surface area contributed by atoms with Crippen LogP contribution < -0.4 is 5.73 Å². The summed E-state index contributed by atoms with van der Waals surface area (Å²) in [6.45, 7) is 2.42. The van der Waals surface area contributed by atoms with E-state index in [1.54, 1.807) is 17.9 Å². The van der Waals surface area contributed by atoms with Gasteiger partial charge in [0.25, 0.3) is 0 Å². The number of hydrogen-bond donors (Lipinski definition) is 1. The van der Waals surface area contributed by atoms with Crippen molar-refractivity contribution < 1.29 is 18.7 Å². The maximum atomic E-state index is 12.6. The lowest BCUT2D eigenvalue weighted by molar-refractivity contribution is -0.156. The molecule has 2 aromatic heterocycles. The minimum Gasteiger partial charge on any atom is -0.469 e. The van der Waals surface area contributed by atoms with Gasteiger partial charge in [-0.15, -0.1) is 10.2 Å². The lowest BCUT2D eigenvalue weighted by atomic mass is 9.98. The number of fused-ring (bicyclic) bond motifs is 1. The molecule has 2 N–H and O–H groups in total. The van der Waals surface area contributed by atoms with Crippen LogP contribution in [0.2, 0.25) is 0 Å². The molecular weight excluding hydrogens is 332 g/mol. The molecule has 8 nitrogen and oxygen atoms in total. The Morgan fingerprint density at radius 3 is 3.04 bits per heavy atom. The van der Waals surface area contributed by atoms with E-state index < -0.39 is 12.0 Å². The average molecular weight is 350 g/mol. The number of ether oxygens (including phenoxy) is 1. The molecule has 128 valence electrons. The van der Waals surface area contributed by atoms with E-state index in [0.29, 0.717) is 35.1 Å². The normalized spacial score (nSPS) is 16.7. The number of furan rings is 1. The molecule has 1 unspecified atom stereocenters. The molecule has 1 amide bonds. The van der Waals surface area contributed by atoms with Crippen molar-refractivity contribution in [2.45, 2.75) is 32.2 Å². The number of nitrogens with zero attached hydrogens (tertiary/aromatic N) is 3. The van der Waals surface area contributed by atoms with E-state index in [0.717, 1.165) is 5.76 Å². The summed E-state index contributed by atoms with van der Waals surface area (Å²) in [5.74, 6) is 0.163. The summed E-state index contributed by atoms with van der Waals surface area (Å²) in [7, 11) is 0. The second-order valence-corrected chi connectivity index (χ2v) is 6.42. The third kappa shape index (κ3) is 3.25.